The van der Waals surface area contributed by atoms with Crippen molar-refractivity contribution in [2.24, 2.45) is 10.1 Å². The number of nitrogens with zero attached hydrogens (tertiary/aromatic N) is 4. The van der Waals surface area contributed by atoms with Crippen LogP contribution in [0, 0.1) is 12.3 Å². The van der Waals surface area contributed by atoms with E-state index in [1.807, 2.05) is 85.8 Å². The highest BCUT2D eigenvalue weighted by Gasteiger charge is 2.36. The number of amides is 1. The Bertz CT molecular complexity index is 1790. The van der Waals surface area contributed by atoms with Crippen molar-refractivity contribution >= 4 is 50.7 Å². The quantitative estimate of drug-likeness (QED) is 0.173. The fourth-order valence-electron chi connectivity index (χ4n) is 5.04. The summed E-state index contributed by atoms with van der Waals surface area (Å²) in [5, 5.41) is 16.8. The van der Waals surface area contributed by atoms with Gasteiger partial charge in [0.25, 0.3) is 5.91 Å². The van der Waals surface area contributed by atoms with Crippen LogP contribution in [0.2, 0.25) is 0 Å². The number of fused-ring (bicyclic) bond motifs is 2. The number of thioether (sulfide) groups is 1. The molecule has 0 aliphatic carbocycles. The number of aliphatic imine (C=N–C) groups is 1. The zero-order valence-corrected chi connectivity index (χ0v) is 23.9. The smallest absolute Gasteiger partial charge is 0.283 e. The van der Waals surface area contributed by atoms with Crippen LogP contribution in [0.3, 0.4) is 0 Å². The van der Waals surface area contributed by atoms with Crippen LogP contribution in [0.15, 0.2) is 107 Å². The summed E-state index contributed by atoms with van der Waals surface area (Å²) in [5.74, 6) is 1.10. The van der Waals surface area contributed by atoms with E-state index in [1.54, 1.807) is 6.08 Å². The molecule has 210 valence electrons. The fourth-order valence-corrected chi connectivity index (χ4v) is 5.84. The first-order valence-electron chi connectivity index (χ1n) is 13.6. The standard InChI is InChI=1S/C33H29N5O3S/c1-3-11-23-12-7-10-17-29(23)40-19-18-37-22(2)26(25-15-8-9-16-28(25)37)20-27-31(34)38-33(35-32(27)39)42-30(36-38)21-41-24-13-5-4-6-14-24/h3-10,12-17,20,34H,1,11,18-19,21H2,2H3/b27-20-,34-31?. The molecule has 0 radical (unpaired) electrons. The van der Waals surface area contributed by atoms with Gasteiger partial charge in [-0.25, -0.2) is 0 Å². The maximum Gasteiger partial charge on any atom is 0.283 e. The molecule has 2 aliphatic rings. The van der Waals surface area contributed by atoms with Crippen molar-refractivity contribution in [3.63, 3.8) is 0 Å². The van der Waals surface area contributed by atoms with Crippen LogP contribution >= 0.6 is 11.8 Å². The number of aromatic nitrogens is 1. The summed E-state index contributed by atoms with van der Waals surface area (Å²) in [6, 6.07) is 25.5. The fraction of sp³-hybridized carbons (Fsp3) is 0.152. The van der Waals surface area contributed by atoms with Gasteiger partial charge in [0.2, 0.25) is 5.17 Å². The minimum absolute atomic E-state index is 0.00870. The zero-order chi connectivity index (χ0) is 29.1. The number of rotatable bonds is 10. The predicted molar refractivity (Wildman–Crippen MR) is 169 cm³/mol. The van der Waals surface area contributed by atoms with Crippen molar-refractivity contribution in [2.45, 2.75) is 19.9 Å². The molecular formula is C33H29N5O3S. The molecule has 0 saturated carbocycles. The molecule has 9 heteroatoms. The third kappa shape index (κ3) is 5.38. The second kappa shape index (κ2) is 11.9. The van der Waals surface area contributed by atoms with Gasteiger partial charge in [0.1, 0.15) is 29.8 Å². The lowest BCUT2D eigenvalue weighted by Gasteiger charge is -2.20. The van der Waals surface area contributed by atoms with Crippen LogP contribution in [0.5, 0.6) is 11.5 Å². The summed E-state index contributed by atoms with van der Waals surface area (Å²) in [7, 11) is 0. The average Bonchev–Trinajstić information content (AvgIpc) is 3.54. The molecule has 0 bridgehead atoms. The number of para-hydroxylation sites is 3. The van der Waals surface area contributed by atoms with E-state index in [4.69, 9.17) is 14.9 Å². The number of carbonyl (C=O) groups is 1. The first-order chi connectivity index (χ1) is 20.5. The molecule has 6 rings (SSSR count). The summed E-state index contributed by atoms with van der Waals surface area (Å²) in [5.41, 5.74) is 4.15. The molecular weight excluding hydrogens is 546 g/mol. The second-order valence-electron chi connectivity index (χ2n) is 9.73. The zero-order valence-electron chi connectivity index (χ0n) is 23.1. The SMILES string of the molecule is C=CCc1ccccc1OCCn1c(C)c(/C=C2/C(=N)N3N=C(COc4ccccc4)SC3=NC2=O)c2ccccc21. The number of amidine groups is 2. The summed E-state index contributed by atoms with van der Waals surface area (Å²) in [6.45, 7) is 7.17. The first kappa shape index (κ1) is 27.3. The third-order valence-corrected chi connectivity index (χ3v) is 7.96. The topological polar surface area (TPSA) is 92.3 Å². The van der Waals surface area contributed by atoms with Gasteiger partial charge in [0.15, 0.2) is 5.84 Å². The molecule has 0 unspecified atom stereocenters. The van der Waals surface area contributed by atoms with Gasteiger partial charge in [-0.3, -0.25) is 10.2 Å². The van der Waals surface area contributed by atoms with Gasteiger partial charge in [-0.2, -0.15) is 15.1 Å². The van der Waals surface area contributed by atoms with Crippen LogP contribution in [0.1, 0.15) is 16.8 Å². The van der Waals surface area contributed by atoms with E-state index in [2.05, 4.69) is 27.3 Å². The van der Waals surface area contributed by atoms with E-state index in [1.165, 1.54) is 16.8 Å². The normalized spacial score (nSPS) is 15.5. The molecule has 42 heavy (non-hydrogen) atoms. The molecule has 2 aliphatic heterocycles. The van der Waals surface area contributed by atoms with E-state index in [0.29, 0.717) is 23.4 Å². The highest BCUT2D eigenvalue weighted by Crippen LogP contribution is 2.32. The van der Waals surface area contributed by atoms with Crippen LogP contribution in [-0.4, -0.2) is 44.7 Å². The summed E-state index contributed by atoms with van der Waals surface area (Å²) in [6.07, 6.45) is 4.37. The number of allylic oxidation sites excluding steroid dienone is 1. The van der Waals surface area contributed by atoms with Gasteiger partial charge in [-0.15, -0.1) is 6.58 Å². The van der Waals surface area contributed by atoms with Gasteiger partial charge in [0.05, 0.1) is 12.1 Å². The van der Waals surface area contributed by atoms with Crippen LogP contribution in [0.25, 0.3) is 17.0 Å². The Labute approximate surface area is 248 Å². The number of hydrogen-bond donors (Lipinski definition) is 1. The molecule has 3 aromatic carbocycles. The lowest BCUT2D eigenvalue weighted by atomic mass is 10.1. The lowest BCUT2D eigenvalue weighted by molar-refractivity contribution is -0.114. The molecule has 0 atom stereocenters. The second-order valence-corrected chi connectivity index (χ2v) is 10.8. The molecule has 0 saturated heterocycles. The highest BCUT2D eigenvalue weighted by atomic mass is 32.2. The molecule has 8 nitrogen and oxygen atoms in total. The largest absolute Gasteiger partial charge is 0.491 e. The number of hydrogen-bond acceptors (Lipinski definition) is 6. The minimum Gasteiger partial charge on any atom is -0.491 e. The number of hydrazone groups is 1. The maximum absolute atomic E-state index is 13.2. The first-order valence-corrected chi connectivity index (χ1v) is 14.4. The average molecular weight is 576 g/mol. The van der Waals surface area contributed by atoms with Crippen LogP contribution in [0.4, 0.5) is 0 Å². The van der Waals surface area contributed by atoms with E-state index in [9.17, 15) is 4.79 Å². The van der Waals surface area contributed by atoms with E-state index < -0.39 is 5.91 Å². The predicted octanol–water partition coefficient (Wildman–Crippen LogP) is 6.46. The van der Waals surface area contributed by atoms with Crippen molar-refractivity contribution in [3.05, 3.63) is 114 Å². The van der Waals surface area contributed by atoms with Gasteiger partial charge in [-0.1, -0.05) is 60.7 Å². The maximum atomic E-state index is 13.2. The van der Waals surface area contributed by atoms with Crippen molar-refractivity contribution in [2.75, 3.05) is 13.2 Å². The Kier molecular flexibility index (Phi) is 7.74. The number of nitrogens with one attached hydrogen (secondary N) is 1. The Balaban J connectivity index is 1.24. The Morgan fingerprint density at radius 1 is 1.00 bits per heavy atom. The van der Waals surface area contributed by atoms with Crippen molar-refractivity contribution in [1.29, 1.82) is 5.41 Å². The van der Waals surface area contributed by atoms with Crippen LogP contribution in [-0.2, 0) is 17.8 Å². The van der Waals surface area contributed by atoms with Gasteiger partial charge >= 0.3 is 0 Å². The third-order valence-electron chi connectivity index (χ3n) is 7.08. The Hall–Kier alpha value is -4.89. The molecule has 1 aromatic heterocycles. The molecule has 0 fully saturated rings. The number of ether oxygens (including phenoxy) is 2. The number of carbonyl (C=O) groups excluding carboxylic acids is 1. The monoisotopic (exact) mass is 575 g/mol. The van der Waals surface area contributed by atoms with Crippen molar-refractivity contribution < 1.29 is 14.3 Å². The van der Waals surface area contributed by atoms with Crippen LogP contribution < -0.4 is 9.47 Å². The van der Waals surface area contributed by atoms with E-state index >= 15 is 0 Å². The molecule has 4 aromatic rings. The van der Waals surface area contributed by atoms with Gasteiger partial charge < -0.3 is 14.0 Å². The van der Waals surface area contributed by atoms with Crippen molar-refractivity contribution in [1.82, 2.24) is 9.58 Å². The Morgan fingerprint density at radius 3 is 2.60 bits per heavy atom. The summed E-state index contributed by atoms with van der Waals surface area (Å²) >= 11 is 1.24. The highest BCUT2D eigenvalue weighted by molar-refractivity contribution is 8.27. The molecule has 1 N–H and O–H groups in total. The molecule has 1 amide bonds. The minimum atomic E-state index is -0.461. The number of benzene rings is 3. The van der Waals surface area contributed by atoms with Gasteiger partial charge in [-0.05, 0) is 61.0 Å². The van der Waals surface area contributed by atoms with Crippen molar-refractivity contribution in [3.8, 4) is 11.5 Å². The summed E-state index contributed by atoms with van der Waals surface area (Å²) < 4.78 is 14.2. The molecule has 0 spiro atoms. The van der Waals surface area contributed by atoms with E-state index in [0.717, 1.165) is 45.6 Å². The lowest BCUT2D eigenvalue weighted by Crippen LogP contribution is -2.35. The summed E-state index contributed by atoms with van der Waals surface area (Å²) in [4.78, 5) is 17.4. The molecule has 3 heterocycles. The van der Waals surface area contributed by atoms with Gasteiger partial charge in [0, 0.05) is 22.2 Å². The van der Waals surface area contributed by atoms with E-state index in [-0.39, 0.29) is 18.0 Å². The Morgan fingerprint density at radius 2 is 1.76 bits per heavy atom.